The predicted molar refractivity (Wildman–Crippen MR) is 177 cm³/mol. The minimum absolute atomic E-state index is 0.233. The topological polar surface area (TPSA) is 84.6 Å². The van der Waals surface area contributed by atoms with E-state index in [9.17, 15) is 18.0 Å². The average Bonchev–Trinajstić information content (AvgIpc) is 3.66. The maximum atomic E-state index is 12.9. The lowest BCUT2D eigenvalue weighted by Gasteiger charge is -2.25. The molecule has 242 valence electrons. The average molecular weight is 651 g/mol. The van der Waals surface area contributed by atoms with Gasteiger partial charge in [0.2, 0.25) is 0 Å². The summed E-state index contributed by atoms with van der Waals surface area (Å²) in [4.78, 5) is 23.9. The molecule has 0 unspecified atom stereocenters. The third kappa shape index (κ3) is 8.48. The molecule has 2 heterocycles. The summed E-state index contributed by atoms with van der Waals surface area (Å²) in [5, 5.41) is 8.20. The van der Waals surface area contributed by atoms with Crippen LogP contribution in [-0.4, -0.2) is 51.2 Å². The Bertz CT molecular complexity index is 1700. The molecule has 0 saturated carbocycles. The van der Waals surface area contributed by atoms with Crippen LogP contribution in [0.5, 0.6) is 5.75 Å². The Kier molecular flexibility index (Phi) is 9.76. The number of amidine groups is 1. The number of anilines is 1. The lowest BCUT2D eigenvalue weighted by molar-refractivity contribution is -0.274. The van der Waals surface area contributed by atoms with Gasteiger partial charge in [-0.1, -0.05) is 75.9 Å². The predicted octanol–water partition coefficient (Wildman–Crippen LogP) is 8.15. The zero-order valence-corrected chi connectivity index (χ0v) is 27.2. The van der Waals surface area contributed by atoms with E-state index < -0.39 is 6.36 Å². The van der Waals surface area contributed by atoms with Gasteiger partial charge in [0, 0.05) is 30.1 Å². The minimum Gasteiger partial charge on any atom is -0.406 e. The Balaban J connectivity index is 1.17. The number of nitrogens with zero attached hydrogens (tertiary/aromatic N) is 5. The van der Waals surface area contributed by atoms with Crippen LogP contribution >= 0.6 is 11.8 Å². The fraction of sp³-hybridized carbons (Fsp3) is 0.353. The quantitative estimate of drug-likeness (QED) is 0.197. The number of hydrogen-bond acceptors (Lipinski definition) is 5. The van der Waals surface area contributed by atoms with E-state index in [0.717, 1.165) is 40.7 Å². The highest BCUT2D eigenvalue weighted by molar-refractivity contribution is 8.14. The first-order valence-electron chi connectivity index (χ1n) is 15.0. The molecule has 1 saturated heterocycles. The minimum atomic E-state index is -4.75. The van der Waals surface area contributed by atoms with Crippen molar-refractivity contribution in [2.75, 3.05) is 23.7 Å². The van der Waals surface area contributed by atoms with Gasteiger partial charge in [0.15, 0.2) is 11.0 Å². The molecule has 1 aromatic heterocycles. The first-order chi connectivity index (χ1) is 21.8. The van der Waals surface area contributed by atoms with Gasteiger partial charge in [0.1, 0.15) is 12.1 Å². The Morgan fingerprint density at radius 1 is 1.07 bits per heavy atom. The molecule has 5 rings (SSSR count). The highest BCUT2D eigenvalue weighted by atomic mass is 32.2. The molecule has 0 spiro atoms. The Hall–Kier alpha value is -4.32. The number of thioether (sulfide) groups is 1. The molecule has 46 heavy (non-hydrogen) atoms. The molecular formula is C34H37F3N6O2S. The largest absolute Gasteiger partial charge is 0.573 e. The third-order valence-electron chi connectivity index (χ3n) is 7.51. The van der Waals surface area contributed by atoms with Crippen LogP contribution in [0.3, 0.4) is 0 Å². The number of aromatic nitrogens is 3. The SMILES string of the molecule is Cc1ccc(C(C)C)c(N2CCSC2=NC(=O)NCC(C)(C)Cc2ccc(-c3ncn(-c4ccc(OC(F)(F)F)cc4)n3)cc2)c1. The van der Waals surface area contributed by atoms with Crippen LogP contribution in [0.4, 0.5) is 23.7 Å². The normalized spacial score (nSPS) is 14.7. The molecule has 4 aromatic rings. The Labute approximate surface area is 271 Å². The Morgan fingerprint density at radius 3 is 2.46 bits per heavy atom. The second kappa shape index (κ2) is 13.6. The number of urea groups is 1. The van der Waals surface area contributed by atoms with Gasteiger partial charge in [0.05, 0.1) is 5.69 Å². The van der Waals surface area contributed by atoms with Gasteiger partial charge in [-0.3, -0.25) is 0 Å². The van der Waals surface area contributed by atoms with Crippen molar-refractivity contribution in [3.05, 3.63) is 89.7 Å². The summed E-state index contributed by atoms with van der Waals surface area (Å²) in [6, 6.07) is 19.4. The molecule has 0 bridgehead atoms. The number of ether oxygens (including phenoxy) is 1. The van der Waals surface area contributed by atoms with Crippen LogP contribution in [0.15, 0.2) is 78.0 Å². The van der Waals surface area contributed by atoms with Gasteiger partial charge in [-0.05, 0) is 71.7 Å². The van der Waals surface area contributed by atoms with Crippen molar-refractivity contribution in [3.63, 3.8) is 0 Å². The maximum Gasteiger partial charge on any atom is 0.573 e. The van der Waals surface area contributed by atoms with Crippen molar-refractivity contribution in [1.82, 2.24) is 20.1 Å². The summed E-state index contributed by atoms with van der Waals surface area (Å²) in [6.45, 7) is 11.9. The van der Waals surface area contributed by atoms with Gasteiger partial charge in [-0.2, -0.15) is 4.99 Å². The second-order valence-corrected chi connectivity index (χ2v) is 13.4. The van der Waals surface area contributed by atoms with Gasteiger partial charge < -0.3 is 15.0 Å². The molecule has 1 fully saturated rings. The van der Waals surface area contributed by atoms with Crippen molar-refractivity contribution < 1.29 is 22.7 Å². The third-order valence-corrected chi connectivity index (χ3v) is 8.47. The first-order valence-corrected chi connectivity index (χ1v) is 16.0. The van der Waals surface area contributed by atoms with E-state index in [-0.39, 0.29) is 17.2 Å². The van der Waals surface area contributed by atoms with Crippen LogP contribution in [0.25, 0.3) is 17.1 Å². The molecule has 12 heteroatoms. The van der Waals surface area contributed by atoms with Crippen LogP contribution in [0.1, 0.15) is 50.3 Å². The fourth-order valence-electron chi connectivity index (χ4n) is 5.24. The number of alkyl halides is 3. The molecule has 1 N–H and O–H groups in total. The van der Waals surface area contributed by atoms with Gasteiger partial charge in [-0.25, -0.2) is 14.5 Å². The smallest absolute Gasteiger partial charge is 0.406 e. The molecule has 1 aliphatic rings. The fourth-order valence-corrected chi connectivity index (χ4v) is 6.19. The second-order valence-electron chi connectivity index (χ2n) is 12.4. The highest BCUT2D eigenvalue weighted by Gasteiger charge is 2.31. The molecule has 0 atom stereocenters. The van der Waals surface area contributed by atoms with Crippen LogP contribution < -0.4 is 15.0 Å². The number of benzene rings is 3. The number of carbonyl (C=O) groups is 1. The van der Waals surface area contributed by atoms with E-state index in [2.05, 4.69) is 82.8 Å². The van der Waals surface area contributed by atoms with Crippen LogP contribution in [-0.2, 0) is 6.42 Å². The van der Waals surface area contributed by atoms with Gasteiger partial charge >= 0.3 is 12.4 Å². The van der Waals surface area contributed by atoms with Crippen LogP contribution in [0, 0.1) is 12.3 Å². The zero-order chi connectivity index (χ0) is 33.1. The molecule has 2 amide bonds. The molecule has 0 aliphatic carbocycles. The number of aliphatic imine (C=N–C) groups is 1. The number of aryl methyl sites for hydroxylation is 1. The van der Waals surface area contributed by atoms with Gasteiger partial charge in [-0.15, -0.1) is 18.3 Å². The van der Waals surface area contributed by atoms with E-state index in [1.807, 2.05) is 24.3 Å². The van der Waals surface area contributed by atoms with Crippen molar-refractivity contribution >= 4 is 28.6 Å². The highest BCUT2D eigenvalue weighted by Crippen LogP contribution is 2.34. The van der Waals surface area contributed by atoms with E-state index in [4.69, 9.17) is 0 Å². The number of carbonyl (C=O) groups excluding carboxylic acids is 1. The Morgan fingerprint density at radius 2 is 1.78 bits per heavy atom. The molecule has 1 aliphatic heterocycles. The van der Waals surface area contributed by atoms with E-state index in [0.29, 0.717) is 24.0 Å². The molecular weight excluding hydrogens is 613 g/mol. The molecule has 0 radical (unpaired) electrons. The maximum absolute atomic E-state index is 12.9. The zero-order valence-electron chi connectivity index (χ0n) is 26.4. The summed E-state index contributed by atoms with van der Waals surface area (Å²) in [7, 11) is 0. The number of amides is 2. The van der Waals surface area contributed by atoms with Crippen molar-refractivity contribution in [3.8, 4) is 22.8 Å². The lowest BCUT2D eigenvalue weighted by Crippen LogP contribution is -2.35. The summed E-state index contributed by atoms with van der Waals surface area (Å²) in [6.07, 6.45) is -2.52. The first kappa shape index (κ1) is 33.1. The summed E-state index contributed by atoms with van der Waals surface area (Å²) in [5.74, 6) is 1.41. The van der Waals surface area contributed by atoms with E-state index in [1.165, 1.54) is 46.4 Å². The lowest BCUT2D eigenvalue weighted by atomic mass is 9.85. The number of hydrogen-bond donors (Lipinski definition) is 1. The number of rotatable bonds is 9. The summed E-state index contributed by atoms with van der Waals surface area (Å²) >= 11 is 1.60. The van der Waals surface area contributed by atoms with E-state index in [1.54, 1.807) is 11.8 Å². The van der Waals surface area contributed by atoms with Crippen molar-refractivity contribution in [1.29, 1.82) is 0 Å². The molecule has 8 nitrogen and oxygen atoms in total. The van der Waals surface area contributed by atoms with Crippen LogP contribution in [0.2, 0.25) is 0 Å². The summed E-state index contributed by atoms with van der Waals surface area (Å²) in [5.41, 5.74) is 5.74. The van der Waals surface area contributed by atoms with Crippen molar-refractivity contribution in [2.24, 2.45) is 10.4 Å². The molecule has 3 aromatic carbocycles. The number of nitrogens with one attached hydrogen (secondary N) is 1. The van der Waals surface area contributed by atoms with Crippen molar-refractivity contribution in [2.45, 2.75) is 53.3 Å². The van der Waals surface area contributed by atoms with E-state index >= 15 is 0 Å². The standard InChI is InChI=1S/C34H37F3N6O2S/c1-22(2)28-15-6-23(3)18-29(28)42-16-17-46-32(42)40-31(44)38-20-33(4,5)19-24-7-9-25(10-8-24)30-39-21-43(41-30)26-11-13-27(14-12-26)45-34(35,36)37/h6-15,18,21-22H,16-17,19-20H2,1-5H3,(H,38,44). The monoisotopic (exact) mass is 650 g/mol. The summed E-state index contributed by atoms with van der Waals surface area (Å²) < 4.78 is 42.7. The van der Waals surface area contributed by atoms with Gasteiger partial charge in [0.25, 0.3) is 0 Å². The number of halogens is 3.